The van der Waals surface area contributed by atoms with Gasteiger partial charge >= 0.3 is 6.18 Å². The van der Waals surface area contributed by atoms with Gasteiger partial charge in [-0.2, -0.15) is 13.2 Å². The second kappa shape index (κ2) is 5.55. The minimum Gasteiger partial charge on any atom is -0.384 e. The van der Waals surface area contributed by atoms with Crippen LogP contribution in [0.4, 0.5) is 24.5 Å². The molecule has 0 radical (unpaired) electrons. The molecular formula is C13H12F3N3O2. The summed E-state index contributed by atoms with van der Waals surface area (Å²) in [6, 6.07) is 5.67. The van der Waals surface area contributed by atoms with Gasteiger partial charge in [0.25, 0.3) is 5.69 Å². The molecule has 1 N–H and O–H groups in total. The number of fused-ring (bicyclic) bond motifs is 1. The number of rotatable bonds is 4. The number of nitrogens with zero attached hydrogens (tertiary/aromatic N) is 2. The molecule has 112 valence electrons. The van der Waals surface area contributed by atoms with E-state index in [1.54, 1.807) is 13.0 Å². The minimum absolute atomic E-state index is 0.132. The third-order valence-corrected chi connectivity index (χ3v) is 2.86. The van der Waals surface area contributed by atoms with Gasteiger partial charge in [-0.05, 0) is 19.1 Å². The Morgan fingerprint density at radius 3 is 2.67 bits per heavy atom. The second-order valence-corrected chi connectivity index (χ2v) is 4.56. The quantitative estimate of drug-likeness (QED) is 0.688. The topological polar surface area (TPSA) is 68.1 Å². The van der Waals surface area contributed by atoms with Gasteiger partial charge in [0.05, 0.1) is 16.9 Å². The zero-order valence-electron chi connectivity index (χ0n) is 11.1. The van der Waals surface area contributed by atoms with E-state index >= 15 is 0 Å². The van der Waals surface area contributed by atoms with Crippen LogP contribution in [0, 0.1) is 17.0 Å². The number of hydrogen-bond donors (Lipinski definition) is 1. The molecule has 8 heteroatoms. The van der Waals surface area contributed by atoms with E-state index in [0.717, 1.165) is 0 Å². The first kappa shape index (κ1) is 15.0. The number of nitro groups is 1. The molecule has 1 heterocycles. The van der Waals surface area contributed by atoms with Gasteiger partial charge in [-0.15, -0.1) is 0 Å². The van der Waals surface area contributed by atoms with Crippen LogP contribution in [0.5, 0.6) is 0 Å². The van der Waals surface area contributed by atoms with Crippen molar-refractivity contribution in [1.82, 2.24) is 4.98 Å². The molecule has 5 nitrogen and oxygen atoms in total. The van der Waals surface area contributed by atoms with E-state index in [4.69, 9.17) is 0 Å². The number of aromatic nitrogens is 1. The fourth-order valence-electron chi connectivity index (χ4n) is 1.94. The minimum atomic E-state index is -4.25. The zero-order valence-corrected chi connectivity index (χ0v) is 11.1. The van der Waals surface area contributed by atoms with E-state index in [2.05, 4.69) is 10.3 Å². The lowest BCUT2D eigenvalue weighted by Gasteiger charge is -2.12. The van der Waals surface area contributed by atoms with Gasteiger partial charge in [-0.25, -0.2) is 0 Å². The third-order valence-electron chi connectivity index (χ3n) is 2.86. The summed E-state index contributed by atoms with van der Waals surface area (Å²) >= 11 is 0. The summed E-state index contributed by atoms with van der Waals surface area (Å²) in [4.78, 5) is 14.4. The number of hydrogen-bond acceptors (Lipinski definition) is 4. The van der Waals surface area contributed by atoms with Crippen molar-refractivity contribution in [1.29, 1.82) is 0 Å². The molecule has 0 bridgehead atoms. The smallest absolute Gasteiger partial charge is 0.384 e. The number of alkyl halides is 3. The maximum atomic E-state index is 12.2. The Balaban J connectivity index is 2.36. The zero-order chi connectivity index (χ0) is 15.6. The summed E-state index contributed by atoms with van der Waals surface area (Å²) in [6.45, 7) is 1.40. The third kappa shape index (κ3) is 3.80. The van der Waals surface area contributed by atoms with Crippen molar-refractivity contribution in [3.8, 4) is 0 Å². The lowest BCUT2D eigenvalue weighted by atomic mass is 10.1. The number of non-ortho nitro benzene ring substituents is 1. The molecule has 21 heavy (non-hydrogen) atoms. The highest BCUT2D eigenvalue weighted by atomic mass is 19.4. The van der Waals surface area contributed by atoms with Gasteiger partial charge < -0.3 is 5.32 Å². The number of pyridine rings is 1. The summed E-state index contributed by atoms with van der Waals surface area (Å²) in [5, 5.41) is 13.9. The van der Waals surface area contributed by atoms with Crippen molar-refractivity contribution in [2.75, 3.05) is 11.9 Å². The largest absolute Gasteiger partial charge is 0.390 e. The van der Waals surface area contributed by atoms with Gasteiger partial charge in [0.15, 0.2) is 0 Å². The van der Waals surface area contributed by atoms with E-state index in [0.29, 0.717) is 22.3 Å². The molecule has 0 atom stereocenters. The van der Waals surface area contributed by atoms with Crippen LogP contribution in [-0.4, -0.2) is 22.6 Å². The van der Waals surface area contributed by atoms with Gasteiger partial charge in [0.1, 0.15) is 0 Å². The predicted octanol–water partition coefficient (Wildman–Crippen LogP) is 3.82. The maximum Gasteiger partial charge on any atom is 0.390 e. The van der Waals surface area contributed by atoms with Crippen molar-refractivity contribution in [2.45, 2.75) is 19.5 Å². The van der Waals surface area contributed by atoms with Crippen LogP contribution in [0.3, 0.4) is 0 Å². The summed E-state index contributed by atoms with van der Waals surface area (Å²) in [7, 11) is 0. The molecule has 2 rings (SSSR count). The van der Waals surface area contributed by atoms with E-state index in [9.17, 15) is 23.3 Å². The average Bonchev–Trinajstić information content (AvgIpc) is 2.36. The number of benzene rings is 1. The highest BCUT2D eigenvalue weighted by Crippen LogP contribution is 2.28. The molecule has 0 unspecified atom stereocenters. The van der Waals surface area contributed by atoms with Crippen LogP contribution in [0.15, 0.2) is 24.3 Å². The van der Waals surface area contributed by atoms with Crippen LogP contribution in [-0.2, 0) is 0 Å². The Kier molecular flexibility index (Phi) is 3.97. The molecule has 0 fully saturated rings. The Morgan fingerprint density at radius 1 is 1.33 bits per heavy atom. The molecular weight excluding hydrogens is 287 g/mol. The van der Waals surface area contributed by atoms with Crippen LogP contribution < -0.4 is 5.32 Å². The molecule has 0 saturated carbocycles. The van der Waals surface area contributed by atoms with Crippen LogP contribution in [0.2, 0.25) is 0 Å². The number of nitrogens with one attached hydrogen (secondary N) is 1. The monoisotopic (exact) mass is 299 g/mol. The summed E-state index contributed by atoms with van der Waals surface area (Å²) in [5.41, 5.74) is 1.39. The summed E-state index contributed by atoms with van der Waals surface area (Å²) in [6.07, 6.45) is -5.23. The SMILES string of the molecule is Cc1cc(NCCC(F)(F)F)c2cc([N+](=O)[O-])ccc2n1. The van der Waals surface area contributed by atoms with Crippen LogP contribution in [0.1, 0.15) is 12.1 Å². The predicted molar refractivity (Wildman–Crippen MR) is 72.3 cm³/mol. The van der Waals surface area contributed by atoms with E-state index < -0.39 is 17.5 Å². The molecule has 1 aromatic heterocycles. The molecule has 1 aromatic carbocycles. The normalized spacial score (nSPS) is 11.6. The van der Waals surface area contributed by atoms with Crippen molar-refractivity contribution < 1.29 is 18.1 Å². The van der Waals surface area contributed by atoms with E-state index in [1.165, 1.54) is 18.2 Å². The fourth-order valence-corrected chi connectivity index (χ4v) is 1.94. The first-order valence-corrected chi connectivity index (χ1v) is 6.13. The standard InChI is InChI=1S/C13H12F3N3O2/c1-8-6-12(17-5-4-13(14,15)16)10-7-9(19(20)21)2-3-11(10)18-8/h2-3,6-7H,4-5H2,1H3,(H,17,18). The summed E-state index contributed by atoms with van der Waals surface area (Å²) in [5.74, 6) is 0. The Bertz CT molecular complexity index is 686. The lowest BCUT2D eigenvalue weighted by molar-refractivity contribution is -0.384. The molecule has 0 amide bonds. The first-order chi connectivity index (χ1) is 9.76. The number of anilines is 1. The number of nitro benzene ring substituents is 1. The molecule has 2 aromatic rings. The summed E-state index contributed by atoms with van der Waals surface area (Å²) < 4.78 is 36.5. The van der Waals surface area contributed by atoms with Crippen LogP contribution in [0.25, 0.3) is 10.9 Å². The van der Waals surface area contributed by atoms with E-state index in [-0.39, 0.29) is 12.2 Å². The number of aryl methyl sites for hydroxylation is 1. The van der Waals surface area contributed by atoms with Crippen molar-refractivity contribution in [2.24, 2.45) is 0 Å². The van der Waals surface area contributed by atoms with Gasteiger partial charge in [-0.1, -0.05) is 0 Å². The Morgan fingerprint density at radius 2 is 2.05 bits per heavy atom. The fraction of sp³-hybridized carbons (Fsp3) is 0.308. The highest BCUT2D eigenvalue weighted by Gasteiger charge is 2.26. The van der Waals surface area contributed by atoms with Crippen molar-refractivity contribution in [3.63, 3.8) is 0 Å². The molecule has 0 aliphatic carbocycles. The Labute approximate surface area is 117 Å². The van der Waals surface area contributed by atoms with Gasteiger partial charge in [0.2, 0.25) is 0 Å². The maximum absolute atomic E-state index is 12.2. The Hall–Kier alpha value is -2.38. The first-order valence-electron chi connectivity index (χ1n) is 6.13. The molecule has 0 spiro atoms. The van der Waals surface area contributed by atoms with E-state index in [1.807, 2.05) is 0 Å². The number of halogens is 3. The average molecular weight is 299 g/mol. The molecule has 0 aliphatic heterocycles. The van der Waals surface area contributed by atoms with Gasteiger partial charge in [-0.3, -0.25) is 15.1 Å². The highest BCUT2D eigenvalue weighted by molar-refractivity contribution is 5.93. The van der Waals surface area contributed by atoms with Crippen molar-refractivity contribution >= 4 is 22.3 Å². The lowest BCUT2D eigenvalue weighted by Crippen LogP contribution is -2.14. The second-order valence-electron chi connectivity index (χ2n) is 4.56. The van der Waals surface area contributed by atoms with Crippen LogP contribution >= 0.6 is 0 Å². The molecule has 0 aliphatic rings. The van der Waals surface area contributed by atoms with Crippen molar-refractivity contribution in [3.05, 3.63) is 40.1 Å². The molecule has 0 saturated heterocycles. The van der Waals surface area contributed by atoms with Gasteiger partial charge in [0, 0.05) is 35.4 Å².